The van der Waals surface area contributed by atoms with Gasteiger partial charge in [-0.15, -0.1) is 21.3 Å². The van der Waals surface area contributed by atoms with Crippen molar-refractivity contribution in [3.8, 4) is 57.1 Å². The Hall–Kier alpha value is -4.65. The molecule has 4 aromatic heterocycles. The van der Waals surface area contributed by atoms with Crippen LogP contribution >= 0.6 is 0 Å². The minimum atomic E-state index is -1.81. The van der Waals surface area contributed by atoms with Gasteiger partial charge in [-0.2, -0.15) is 0 Å². The van der Waals surface area contributed by atoms with Crippen LogP contribution < -0.4 is 0 Å². The molecule has 4 heterocycles. The first kappa shape index (κ1) is 38.6. The molecule has 0 radical (unpaired) electrons. The maximum absolute atomic E-state index is 4.68. The van der Waals surface area contributed by atoms with Gasteiger partial charge >= 0.3 is 0 Å². The quantitative estimate of drug-likeness (QED) is 0.105. The molecule has 0 aliphatic heterocycles. The fourth-order valence-corrected chi connectivity index (χ4v) is 18.7. The smallest absolute Gasteiger partial charge is 0.146 e. The maximum Gasteiger partial charge on any atom is 0.146 e. The highest BCUT2D eigenvalue weighted by atomic mass is 28.3. The first-order chi connectivity index (χ1) is 24.7. The van der Waals surface area contributed by atoms with Gasteiger partial charge in [0.25, 0.3) is 0 Å². The lowest BCUT2D eigenvalue weighted by atomic mass is 10.2. The lowest BCUT2D eigenvalue weighted by molar-refractivity contribution is 0.792. The normalized spacial score (nSPS) is 12.2. The summed E-state index contributed by atoms with van der Waals surface area (Å²) in [5.41, 5.74) is 17.6. The molecule has 0 unspecified atom stereocenters. The molecule has 8 nitrogen and oxygen atoms in total. The summed E-state index contributed by atoms with van der Waals surface area (Å²) >= 11 is 0. The number of rotatable bonds is 10. The van der Waals surface area contributed by atoms with Gasteiger partial charge in [-0.25, -0.2) is 9.36 Å². The summed E-state index contributed by atoms with van der Waals surface area (Å²) in [7, 11) is -3.62. The van der Waals surface area contributed by atoms with E-state index in [4.69, 9.17) is 0 Å². The second-order valence-corrected chi connectivity index (χ2v) is 26.9. The van der Waals surface area contributed by atoms with Crippen LogP contribution in [0.1, 0.15) is 94.2 Å². The van der Waals surface area contributed by atoms with E-state index in [0.29, 0.717) is 44.6 Å². The Balaban J connectivity index is 1.27. The molecule has 0 aliphatic carbocycles. The Morgan fingerprint density at radius 2 is 0.769 bits per heavy atom. The third kappa shape index (κ3) is 7.74. The second-order valence-electron chi connectivity index (χ2n) is 15.8. The van der Waals surface area contributed by atoms with E-state index in [1.54, 1.807) is 9.36 Å². The number of pyridine rings is 2. The zero-order chi connectivity index (χ0) is 37.8. The standard InChI is InChI=1S/C42H54N8Si2/c1-29(2)51(30(3)4,31(5)6)23-21-35-13-19-39(43-25-35)41-27-49(47-45-41)37-15-17-38(18-16-37)50-28-42(46-48-50)40-20-14-36(26-44-40)22-24-52(32(7)8,33(9)10)34(11)12/h13-20,25-34H,1-12H3. The van der Waals surface area contributed by atoms with Gasteiger partial charge in [0, 0.05) is 23.5 Å². The van der Waals surface area contributed by atoms with Crippen molar-refractivity contribution < 1.29 is 0 Å². The molecular weight excluding hydrogens is 673 g/mol. The summed E-state index contributed by atoms with van der Waals surface area (Å²) in [5.74, 6) is 6.96. The summed E-state index contributed by atoms with van der Waals surface area (Å²) in [4.78, 5) is 9.37. The first-order valence-corrected chi connectivity index (χ1v) is 23.1. The Morgan fingerprint density at radius 1 is 0.442 bits per heavy atom. The Bertz CT molecular complexity index is 1870. The van der Waals surface area contributed by atoms with E-state index in [0.717, 1.165) is 33.9 Å². The molecule has 0 saturated carbocycles. The number of benzene rings is 1. The van der Waals surface area contributed by atoms with E-state index < -0.39 is 16.1 Å². The largest absolute Gasteiger partial charge is 0.253 e. The predicted octanol–water partition coefficient (Wildman–Crippen LogP) is 10.1. The minimum Gasteiger partial charge on any atom is -0.253 e. The van der Waals surface area contributed by atoms with E-state index >= 15 is 0 Å². The Labute approximate surface area is 312 Å². The van der Waals surface area contributed by atoms with Crippen LogP contribution in [0.3, 0.4) is 0 Å². The SMILES string of the molecule is CC(C)[Si](C#Cc1ccc(-c2cn(-c3ccc(-n4cc(-c5ccc(C#C[Si](C(C)C)(C(C)C)C(C)C)cn5)nn4)cc3)nn2)nc1)(C(C)C)C(C)C. The molecule has 0 fully saturated rings. The minimum absolute atomic E-state index is 0.586. The van der Waals surface area contributed by atoms with Crippen LogP contribution in [0.25, 0.3) is 34.2 Å². The monoisotopic (exact) mass is 726 g/mol. The van der Waals surface area contributed by atoms with E-state index in [1.807, 2.05) is 73.3 Å². The van der Waals surface area contributed by atoms with Crippen LogP contribution in [0, 0.1) is 22.9 Å². The van der Waals surface area contributed by atoms with Gasteiger partial charge in [0.1, 0.15) is 27.5 Å². The number of hydrogen-bond acceptors (Lipinski definition) is 6. The fourth-order valence-electron chi connectivity index (χ4n) is 8.24. The van der Waals surface area contributed by atoms with Crippen molar-refractivity contribution in [2.24, 2.45) is 0 Å². The summed E-state index contributed by atoms with van der Waals surface area (Å²) in [5, 5.41) is 17.5. The average Bonchev–Trinajstić information content (AvgIpc) is 3.80. The van der Waals surface area contributed by atoms with Crippen molar-refractivity contribution in [1.29, 1.82) is 0 Å². The van der Waals surface area contributed by atoms with Crippen molar-refractivity contribution in [2.45, 2.75) is 116 Å². The molecular formula is C42H54N8Si2. The van der Waals surface area contributed by atoms with Gasteiger partial charge in [-0.1, -0.05) is 105 Å². The molecule has 0 saturated heterocycles. The van der Waals surface area contributed by atoms with Gasteiger partial charge in [0.2, 0.25) is 0 Å². The highest BCUT2D eigenvalue weighted by Crippen LogP contribution is 2.42. The van der Waals surface area contributed by atoms with E-state index in [1.165, 1.54) is 0 Å². The Kier molecular flexibility index (Phi) is 11.8. The molecule has 0 bridgehead atoms. The molecule has 0 atom stereocenters. The van der Waals surface area contributed by atoms with Gasteiger partial charge in [0.15, 0.2) is 0 Å². The summed E-state index contributed by atoms with van der Waals surface area (Å²) in [6.45, 7) is 28.0. The summed E-state index contributed by atoms with van der Waals surface area (Å²) < 4.78 is 3.50. The Morgan fingerprint density at radius 3 is 1.04 bits per heavy atom. The van der Waals surface area contributed by atoms with Crippen molar-refractivity contribution >= 4 is 16.1 Å². The maximum atomic E-state index is 4.68. The predicted molar refractivity (Wildman–Crippen MR) is 219 cm³/mol. The molecule has 5 rings (SSSR count). The van der Waals surface area contributed by atoms with E-state index in [-0.39, 0.29) is 0 Å². The number of aromatic nitrogens is 8. The molecule has 0 N–H and O–H groups in total. The lowest BCUT2D eigenvalue weighted by Gasteiger charge is -2.38. The van der Waals surface area contributed by atoms with Crippen LogP contribution in [0.2, 0.25) is 33.2 Å². The van der Waals surface area contributed by atoms with Gasteiger partial charge < -0.3 is 0 Å². The molecule has 0 spiro atoms. The molecule has 10 heteroatoms. The zero-order valence-corrected chi connectivity index (χ0v) is 35.0. The highest BCUT2D eigenvalue weighted by Gasteiger charge is 2.42. The van der Waals surface area contributed by atoms with Crippen LogP contribution in [0.5, 0.6) is 0 Å². The molecule has 5 aromatic rings. The fraction of sp³-hybridized carbons (Fsp3) is 0.429. The van der Waals surface area contributed by atoms with Crippen molar-refractivity contribution in [3.63, 3.8) is 0 Å². The zero-order valence-electron chi connectivity index (χ0n) is 33.0. The average molecular weight is 727 g/mol. The van der Waals surface area contributed by atoms with Gasteiger partial charge in [0.05, 0.1) is 35.2 Å². The van der Waals surface area contributed by atoms with Crippen molar-refractivity contribution in [2.75, 3.05) is 0 Å². The van der Waals surface area contributed by atoms with Crippen LogP contribution in [0.4, 0.5) is 0 Å². The third-order valence-corrected chi connectivity index (χ3v) is 23.6. The third-order valence-electron chi connectivity index (χ3n) is 11.0. The van der Waals surface area contributed by atoms with E-state index in [2.05, 4.69) is 137 Å². The number of hydrogen-bond donors (Lipinski definition) is 0. The van der Waals surface area contributed by atoms with Crippen LogP contribution in [0.15, 0.2) is 73.3 Å². The molecule has 270 valence electrons. The van der Waals surface area contributed by atoms with E-state index in [9.17, 15) is 0 Å². The van der Waals surface area contributed by atoms with Crippen molar-refractivity contribution in [3.05, 3.63) is 84.4 Å². The van der Waals surface area contributed by atoms with Crippen LogP contribution in [-0.2, 0) is 0 Å². The first-order valence-electron chi connectivity index (χ1n) is 18.6. The van der Waals surface area contributed by atoms with Crippen LogP contribution in [-0.4, -0.2) is 56.1 Å². The van der Waals surface area contributed by atoms with Crippen molar-refractivity contribution in [1.82, 2.24) is 40.0 Å². The summed E-state index contributed by atoms with van der Waals surface area (Å²) in [6, 6.07) is 15.9. The topological polar surface area (TPSA) is 87.2 Å². The molecule has 52 heavy (non-hydrogen) atoms. The second kappa shape index (κ2) is 15.9. The van der Waals surface area contributed by atoms with Gasteiger partial charge in [-0.05, 0) is 81.8 Å². The number of nitrogens with zero attached hydrogens (tertiary/aromatic N) is 8. The lowest BCUT2D eigenvalue weighted by Crippen LogP contribution is -2.43. The molecule has 1 aromatic carbocycles. The highest BCUT2D eigenvalue weighted by molar-refractivity contribution is 6.91. The van der Waals surface area contributed by atoms with Gasteiger partial charge in [-0.3, -0.25) is 9.97 Å². The molecule has 0 aliphatic rings. The summed E-state index contributed by atoms with van der Waals surface area (Å²) in [6.07, 6.45) is 7.47. The molecule has 0 amide bonds.